The van der Waals surface area contributed by atoms with Gasteiger partial charge < -0.3 is 9.67 Å². The number of unbranched alkanes of at least 4 members (excludes halogenated alkanes) is 1. The molecule has 0 atom stereocenters. The SMILES string of the molecule is CCCCc1nc(Cl)c(CO)n1Cc1ccc([N+](=O)[O-])cc1. The highest BCUT2D eigenvalue weighted by Crippen LogP contribution is 2.21. The highest BCUT2D eigenvalue weighted by atomic mass is 35.5. The summed E-state index contributed by atoms with van der Waals surface area (Å²) in [6.45, 7) is 2.38. The number of nitro groups is 1. The van der Waals surface area contributed by atoms with E-state index in [-0.39, 0.29) is 12.3 Å². The molecule has 0 aliphatic heterocycles. The van der Waals surface area contributed by atoms with Crippen LogP contribution in [0.4, 0.5) is 5.69 Å². The van der Waals surface area contributed by atoms with Gasteiger partial charge in [0.2, 0.25) is 0 Å². The number of nitrogens with zero attached hydrogens (tertiary/aromatic N) is 3. The summed E-state index contributed by atoms with van der Waals surface area (Å²) in [6.07, 6.45) is 2.80. The third kappa shape index (κ3) is 3.64. The number of non-ortho nitro benzene ring substituents is 1. The van der Waals surface area contributed by atoms with Crippen molar-refractivity contribution in [3.63, 3.8) is 0 Å². The molecule has 0 fully saturated rings. The Balaban J connectivity index is 2.28. The number of rotatable bonds is 7. The normalized spacial score (nSPS) is 10.9. The summed E-state index contributed by atoms with van der Waals surface area (Å²) in [5, 5.41) is 20.5. The third-order valence-corrected chi connectivity index (χ3v) is 3.80. The third-order valence-electron chi connectivity index (χ3n) is 3.49. The van der Waals surface area contributed by atoms with E-state index in [4.69, 9.17) is 11.6 Å². The Morgan fingerprint density at radius 1 is 1.36 bits per heavy atom. The maximum Gasteiger partial charge on any atom is 0.269 e. The monoisotopic (exact) mass is 323 g/mol. The Bertz CT molecular complexity index is 653. The number of aromatic nitrogens is 2. The van der Waals surface area contributed by atoms with Crippen molar-refractivity contribution in [2.75, 3.05) is 0 Å². The van der Waals surface area contributed by atoms with Gasteiger partial charge in [-0.15, -0.1) is 0 Å². The molecule has 7 heteroatoms. The molecule has 118 valence electrons. The summed E-state index contributed by atoms with van der Waals surface area (Å²) in [4.78, 5) is 14.6. The van der Waals surface area contributed by atoms with Crippen LogP contribution in [0.15, 0.2) is 24.3 Å². The second kappa shape index (κ2) is 7.38. The number of hydrogen-bond acceptors (Lipinski definition) is 4. The van der Waals surface area contributed by atoms with E-state index in [1.165, 1.54) is 12.1 Å². The average Bonchev–Trinajstić information content (AvgIpc) is 2.80. The predicted octanol–water partition coefficient (Wildman–Crippen LogP) is 3.33. The van der Waals surface area contributed by atoms with Crippen molar-refractivity contribution in [2.24, 2.45) is 0 Å². The number of aliphatic hydroxyl groups excluding tert-OH is 1. The van der Waals surface area contributed by atoms with Crippen molar-refractivity contribution < 1.29 is 10.0 Å². The standard InChI is InChI=1S/C15H18ClN3O3/c1-2-3-4-14-17-15(16)13(10-20)18(14)9-11-5-7-12(8-6-11)19(21)22/h5-8,20H,2-4,9-10H2,1H3. The van der Waals surface area contributed by atoms with Gasteiger partial charge in [0, 0.05) is 25.1 Å². The van der Waals surface area contributed by atoms with Gasteiger partial charge >= 0.3 is 0 Å². The molecule has 2 aromatic rings. The molecule has 0 amide bonds. The van der Waals surface area contributed by atoms with Gasteiger partial charge in [-0.1, -0.05) is 37.1 Å². The van der Waals surface area contributed by atoms with Gasteiger partial charge in [-0.25, -0.2) is 4.98 Å². The molecule has 1 heterocycles. The Morgan fingerprint density at radius 2 is 2.05 bits per heavy atom. The number of imidazole rings is 1. The molecule has 0 saturated carbocycles. The Labute approximate surface area is 133 Å². The van der Waals surface area contributed by atoms with Crippen LogP contribution >= 0.6 is 11.6 Å². The minimum Gasteiger partial charge on any atom is -0.390 e. The number of halogens is 1. The molecule has 0 aliphatic rings. The zero-order valence-electron chi connectivity index (χ0n) is 12.3. The molecule has 0 spiro atoms. The quantitative estimate of drug-likeness (QED) is 0.626. The van der Waals surface area contributed by atoms with Gasteiger partial charge in [0.25, 0.3) is 5.69 Å². The van der Waals surface area contributed by atoms with Crippen LogP contribution in [-0.4, -0.2) is 19.6 Å². The molecule has 0 unspecified atom stereocenters. The summed E-state index contributed by atoms with van der Waals surface area (Å²) in [7, 11) is 0. The van der Waals surface area contributed by atoms with Gasteiger partial charge in [0.1, 0.15) is 5.82 Å². The summed E-state index contributed by atoms with van der Waals surface area (Å²) >= 11 is 6.08. The molecule has 0 saturated heterocycles. The predicted molar refractivity (Wildman–Crippen MR) is 84.0 cm³/mol. The van der Waals surface area contributed by atoms with Crippen LogP contribution in [0.2, 0.25) is 5.15 Å². The highest BCUT2D eigenvalue weighted by molar-refractivity contribution is 6.30. The van der Waals surface area contributed by atoms with Gasteiger partial charge in [-0.3, -0.25) is 10.1 Å². The van der Waals surface area contributed by atoms with Crippen LogP contribution in [-0.2, 0) is 19.6 Å². The first kappa shape index (κ1) is 16.5. The molecule has 1 N–H and O–H groups in total. The average molecular weight is 324 g/mol. The molecule has 0 bridgehead atoms. The van der Waals surface area contributed by atoms with Crippen molar-refractivity contribution in [3.05, 3.63) is 56.6 Å². The maximum absolute atomic E-state index is 10.7. The first-order chi connectivity index (χ1) is 10.6. The zero-order chi connectivity index (χ0) is 16.1. The van der Waals surface area contributed by atoms with Gasteiger partial charge in [0.15, 0.2) is 5.15 Å². The van der Waals surface area contributed by atoms with Crippen molar-refractivity contribution in [1.82, 2.24) is 9.55 Å². The second-order valence-corrected chi connectivity index (χ2v) is 5.39. The van der Waals surface area contributed by atoms with E-state index < -0.39 is 4.92 Å². The molecule has 22 heavy (non-hydrogen) atoms. The lowest BCUT2D eigenvalue weighted by Crippen LogP contribution is -2.09. The largest absolute Gasteiger partial charge is 0.390 e. The van der Waals surface area contributed by atoms with Crippen LogP contribution in [0.1, 0.15) is 36.8 Å². The van der Waals surface area contributed by atoms with Gasteiger partial charge in [0.05, 0.1) is 17.2 Å². The van der Waals surface area contributed by atoms with Crippen LogP contribution in [0, 0.1) is 10.1 Å². The van der Waals surface area contributed by atoms with E-state index in [0.29, 0.717) is 17.4 Å². The Morgan fingerprint density at radius 3 is 2.59 bits per heavy atom. The van der Waals surface area contributed by atoms with E-state index in [0.717, 1.165) is 30.7 Å². The number of aryl methyl sites for hydroxylation is 1. The molecule has 1 aromatic heterocycles. The first-order valence-electron chi connectivity index (χ1n) is 7.14. The molecular weight excluding hydrogens is 306 g/mol. The van der Waals surface area contributed by atoms with Crippen LogP contribution in [0.25, 0.3) is 0 Å². The zero-order valence-corrected chi connectivity index (χ0v) is 13.1. The van der Waals surface area contributed by atoms with Crippen LogP contribution in [0.5, 0.6) is 0 Å². The minimum absolute atomic E-state index is 0.0565. The van der Waals surface area contributed by atoms with E-state index in [2.05, 4.69) is 11.9 Å². The van der Waals surface area contributed by atoms with Gasteiger partial charge in [-0.2, -0.15) is 0 Å². The van der Waals surface area contributed by atoms with Crippen molar-refractivity contribution in [2.45, 2.75) is 39.3 Å². The molecular formula is C15H18ClN3O3. The molecule has 1 aromatic carbocycles. The smallest absolute Gasteiger partial charge is 0.269 e. The lowest BCUT2D eigenvalue weighted by molar-refractivity contribution is -0.384. The molecule has 0 radical (unpaired) electrons. The summed E-state index contributed by atoms with van der Waals surface area (Å²) in [6, 6.07) is 6.35. The lowest BCUT2D eigenvalue weighted by Gasteiger charge is -2.11. The fraction of sp³-hybridized carbons (Fsp3) is 0.400. The number of nitro benzene ring substituents is 1. The van der Waals surface area contributed by atoms with E-state index >= 15 is 0 Å². The van der Waals surface area contributed by atoms with Gasteiger partial charge in [-0.05, 0) is 12.0 Å². The van der Waals surface area contributed by atoms with Crippen molar-refractivity contribution in [1.29, 1.82) is 0 Å². The topological polar surface area (TPSA) is 81.2 Å². The summed E-state index contributed by atoms with van der Waals surface area (Å²) < 4.78 is 1.89. The second-order valence-electron chi connectivity index (χ2n) is 5.04. The molecule has 0 aliphatic carbocycles. The van der Waals surface area contributed by atoms with Crippen molar-refractivity contribution in [3.8, 4) is 0 Å². The summed E-state index contributed by atoms with van der Waals surface area (Å²) in [5.74, 6) is 0.828. The highest BCUT2D eigenvalue weighted by Gasteiger charge is 2.15. The van der Waals surface area contributed by atoms with Crippen molar-refractivity contribution >= 4 is 17.3 Å². The fourth-order valence-corrected chi connectivity index (χ4v) is 2.53. The van der Waals surface area contributed by atoms with E-state index in [1.54, 1.807) is 12.1 Å². The molecule has 2 rings (SSSR count). The van der Waals surface area contributed by atoms with Crippen LogP contribution < -0.4 is 0 Å². The van der Waals surface area contributed by atoms with E-state index in [9.17, 15) is 15.2 Å². The van der Waals surface area contributed by atoms with Crippen LogP contribution in [0.3, 0.4) is 0 Å². The summed E-state index contributed by atoms with van der Waals surface area (Å²) in [5.41, 5.74) is 1.53. The number of aliphatic hydroxyl groups is 1. The lowest BCUT2D eigenvalue weighted by atomic mass is 10.2. The first-order valence-corrected chi connectivity index (χ1v) is 7.52. The molecule has 6 nitrogen and oxygen atoms in total. The Kier molecular flexibility index (Phi) is 5.51. The Hall–Kier alpha value is -1.92. The van der Waals surface area contributed by atoms with E-state index in [1.807, 2.05) is 4.57 Å². The maximum atomic E-state index is 10.7. The minimum atomic E-state index is -0.427. The fourth-order valence-electron chi connectivity index (χ4n) is 2.27. The number of benzene rings is 1. The number of hydrogen-bond donors (Lipinski definition) is 1.